The molecule has 1 saturated carbocycles. The van der Waals surface area contributed by atoms with Crippen LogP contribution in [0.1, 0.15) is 12.0 Å². The molecule has 1 aromatic carbocycles. The van der Waals surface area contributed by atoms with Gasteiger partial charge in [0, 0.05) is 11.3 Å². The molecule has 0 heterocycles. The molecule has 2 atom stereocenters. The third kappa shape index (κ3) is 3.41. The molecule has 3 N–H and O–H groups in total. The lowest BCUT2D eigenvalue weighted by atomic mass is 9.92. The number of hydrogen-bond acceptors (Lipinski definition) is 3. The summed E-state index contributed by atoms with van der Waals surface area (Å²) in [5, 5.41) is 20.1. The summed E-state index contributed by atoms with van der Waals surface area (Å²) >= 11 is 0. The summed E-state index contributed by atoms with van der Waals surface area (Å²) in [6, 6.07) is 2.29. The molecule has 1 amide bonds. The van der Waals surface area contributed by atoms with Crippen LogP contribution in [0.5, 0.6) is 0 Å². The summed E-state index contributed by atoms with van der Waals surface area (Å²) in [6.45, 7) is 0. The molecule has 1 aliphatic carbocycles. The summed E-state index contributed by atoms with van der Waals surface area (Å²) in [7, 11) is 0. The molecule has 0 aromatic heterocycles. The van der Waals surface area contributed by atoms with Gasteiger partial charge in [-0.2, -0.15) is 26.3 Å². The molecule has 2 rings (SSSR count). The molecule has 1 aromatic rings. The number of aliphatic carboxylic acids is 1. The molecule has 0 aliphatic heterocycles. The van der Waals surface area contributed by atoms with Crippen molar-refractivity contribution in [1.82, 2.24) is 0 Å². The maximum Gasteiger partial charge on any atom is 0.430 e. The van der Waals surface area contributed by atoms with Crippen molar-refractivity contribution in [2.75, 3.05) is 5.32 Å². The lowest BCUT2D eigenvalue weighted by Crippen LogP contribution is -2.53. The van der Waals surface area contributed by atoms with Crippen LogP contribution in [0.25, 0.3) is 0 Å². The van der Waals surface area contributed by atoms with Gasteiger partial charge in [0.1, 0.15) is 0 Å². The molecule has 0 radical (unpaired) electrons. The average molecular weight is 371 g/mol. The predicted octanol–water partition coefficient (Wildman–Crippen LogP) is 2.66. The Hall–Kier alpha value is -2.30. The Kier molecular flexibility index (Phi) is 4.49. The number of nitrogens with one attached hydrogen (secondary N) is 1. The van der Waals surface area contributed by atoms with Crippen LogP contribution < -0.4 is 5.32 Å². The minimum Gasteiger partial charge on any atom is -0.481 e. The zero-order valence-corrected chi connectivity index (χ0v) is 12.1. The molecular weight excluding hydrogens is 360 g/mol. The van der Waals surface area contributed by atoms with Crippen molar-refractivity contribution in [2.24, 2.45) is 11.8 Å². The maximum absolute atomic E-state index is 12.7. The highest BCUT2D eigenvalue weighted by atomic mass is 19.4. The van der Waals surface area contributed by atoms with E-state index in [0.717, 1.165) is 12.1 Å². The highest BCUT2D eigenvalue weighted by molar-refractivity contribution is 5.98. The summed E-state index contributed by atoms with van der Waals surface area (Å²) in [5.74, 6) is -3.54. The van der Waals surface area contributed by atoms with E-state index in [4.69, 9.17) is 5.11 Å². The second-order valence-electron chi connectivity index (χ2n) is 5.56. The van der Waals surface area contributed by atoms with Gasteiger partial charge in [0.15, 0.2) is 0 Å². The number of benzene rings is 1. The van der Waals surface area contributed by atoms with Crippen molar-refractivity contribution >= 4 is 17.6 Å². The Bertz CT molecular complexity index is 668. The van der Waals surface area contributed by atoms with Gasteiger partial charge in [0.2, 0.25) is 5.91 Å². The van der Waals surface area contributed by atoms with Crippen molar-refractivity contribution < 1.29 is 46.1 Å². The van der Waals surface area contributed by atoms with Crippen molar-refractivity contribution in [3.8, 4) is 0 Å². The Balaban J connectivity index is 2.19. The molecule has 138 valence electrons. The number of aliphatic hydroxyl groups is 1. The Morgan fingerprint density at radius 2 is 1.44 bits per heavy atom. The van der Waals surface area contributed by atoms with Crippen LogP contribution in [0.4, 0.5) is 32.0 Å². The van der Waals surface area contributed by atoms with E-state index >= 15 is 0 Å². The van der Waals surface area contributed by atoms with Crippen molar-refractivity contribution in [2.45, 2.75) is 24.4 Å². The van der Waals surface area contributed by atoms with Gasteiger partial charge in [-0.25, -0.2) is 0 Å². The molecule has 0 saturated heterocycles. The number of carboxylic acid groups (broad SMARTS) is 1. The summed E-state index contributed by atoms with van der Waals surface area (Å²) in [5.41, 5.74) is -6.63. The van der Waals surface area contributed by atoms with Crippen molar-refractivity contribution in [1.29, 1.82) is 0 Å². The number of halogens is 6. The number of carboxylic acids is 1. The van der Waals surface area contributed by atoms with Gasteiger partial charge >= 0.3 is 18.3 Å². The Morgan fingerprint density at radius 3 is 1.80 bits per heavy atom. The Morgan fingerprint density at radius 1 is 0.960 bits per heavy atom. The summed E-state index contributed by atoms with van der Waals surface area (Å²) in [6.07, 6.45) is -11.9. The first-order valence-corrected chi connectivity index (χ1v) is 6.79. The van der Waals surface area contributed by atoms with Crippen molar-refractivity contribution in [3.63, 3.8) is 0 Å². The van der Waals surface area contributed by atoms with Gasteiger partial charge in [0.25, 0.3) is 5.60 Å². The predicted molar refractivity (Wildman–Crippen MR) is 70.3 cm³/mol. The second-order valence-corrected chi connectivity index (χ2v) is 5.56. The topological polar surface area (TPSA) is 86.6 Å². The monoisotopic (exact) mass is 371 g/mol. The lowest BCUT2D eigenvalue weighted by Gasteiger charge is -2.32. The maximum atomic E-state index is 12.7. The first kappa shape index (κ1) is 19.0. The molecular formula is C14H11F6NO4. The Labute approximate surface area is 136 Å². The number of carbonyl (C=O) groups excluding carboxylic acids is 1. The van der Waals surface area contributed by atoms with Gasteiger partial charge in [-0.3, -0.25) is 9.59 Å². The van der Waals surface area contributed by atoms with E-state index in [-0.39, 0.29) is 12.1 Å². The van der Waals surface area contributed by atoms with Gasteiger partial charge < -0.3 is 15.5 Å². The third-order valence-corrected chi connectivity index (χ3v) is 3.84. The van der Waals surface area contributed by atoms with E-state index in [0.29, 0.717) is 12.1 Å². The van der Waals surface area contributed by atoms with Crippen LogP contribution in [-0.2, 0) is 15.2 Å². The molecule has 0 spiro atoms. The van der Waals surface area contributed by atoms with Gasteiger partial charge in [-0.1, -0.05) is 12.1 Å². The van der Waals surface area contributed by atoms with Gasteiger partial charge in [-0.05, 0) is 18.6 Å². The van der Waals surface area contributed by atoms with Gasteiger partial charge in [-0.15, -0.1) is 0 Å². The highest BCUT2D eigenvalue weighted by Gasteiger charge is 2.71. The number of hydrogen-bond donors (Lipinski definition) is 3. The van der Waals surface area contributed by atoms with E-state index in [1.54, 1.807) is 0 Å². The van der Waals surface area contributed by atoms with Crippen LogP contribution in [0.15, 0.2) is 24.3 Å². The molecule has 5 nitrogen and oxygen atoms in total. The molecule has 1 fully saturated rings. The molecule has 0 bridgehead atoms. The fourth-order valence-electron chi connectivity index (χ4n) is 2.28. The van der Waals surface area contributed by atoms with E-state index in [1.165, 1.54) is 0 Å². The first-order chi connectivity index (χ1) is 11.3. The van der Waals surface area contributed by atoms with Crippen LogP contribution in [0.3, 0.4) is 0 Å². The molecule has 25 heavy (non-hydrogen) atoms. The smallest absolute Gasteiger partial charge is 0.430 e. The summed E-state index contributed by atoms with van der Waals surface area (Å²) < 4.78 is 76.4. The zero-order valence-electron chi connectivity index (χ0n) is 12.1. The highest BCUT2D eigenvalue weighted by Crippen LogP contribution is 2.50. The van der Waals surface area contributed by atoms with Crippen LogP contribution in [-0.4, -0.2) is 34.4 Å². The fourth-order valence-corrected chi connectivity index (χ4v) is 2.28. The normalized spacial score (nSPS) is 20.9. The van der Waals surface area contributed by atoms with Crippen molar-refractivity contribution in [3.05, 3.63) is 29.8 Å². The number of amides is 1. The number of carbonyl (C=O) groups is 2. The SMILES string of the molecule is O=C(O)[C@@H]1C[C@H]1C(=O)Nc1ccc(C(O)(C(F)(F)F)C(F)(F)F)cc1. The first-order valence-electron chi connectivity index (χ1n) is 6.79. The number of anilines is 1. The summed E-state index contributed by atoms with van der Waals surface area (Å²) in [4.78, 5) is 22.4. The molecule has 1 aliphatic rings. The fraction of sp³-hybridized carbons (Fsp3) is 0.429. The minimum atomic E-state index is -6.00. The number of alkyl halides is 6. The zero-order chi connectivity index (χ0) is 19.2. The van der Waals surface area contributed by atoms with Gasteiger partial charge in [0.05, 0.1) is 11.8 Å². The van der Waals surface area contributed by atoms with E-state index in [9.17, 15) is 41.0 Å². The standard InChI is InChI=1S/C14H11F6NO4/c15-13(16,17)12(25,14(18,19)20)6-1-3-7(4-2-6)21-10(22)8-5-9(8)11(23)24/h1-4,8-9,25H,5H2,(H,21,22)(H,23,24)/t8-,9-/m1/s1. The molecule has 11 heteroatoms. The largest absolute Gasteiger partial charge is 0.481 e. The van der Waals surface area contributed by atoms with Crippen LogP contribution >= 0.6 is 0 Å². The lowest BCUT2D eigenvalue weighted by molar-refractivity contribution is -0.376. The third-order valence-electron chi connectivity index (χ3n) is 3.84. The van der Waals surface area contributed by atoms with Crippen LogP contribution in [0, 0.1) is 11.8 Å². The van der Waals surface area contributed by atoms with E-state index in [2.05, 4.69) is 5.32 Å². The molecule has 0 unspecified atom stereocenters. The second kappa shape index (κ2) is 5.90. The number of rotatable bonds is 4. The van der Waals surface area contributed by atoms with E-state index < -0.39 is 47.2 Å². The van der Waals surface area contributed by atoms with E-state index in [1.807, 2.05) is 0 Å². The average Bonchev–Trinajstić information content (AvgIpc) is 3.25. The minimum absolute atomic E-state index is 0.0984. The van der Waals surface area contributed by atoms with Crippen LogP contribution in [0.2, 0.25) is 0 Å². The quantitative estimate of drug-likeness (QED) is 0.711.